The van der Waals surface area contributed by atoms with E-state index in [-0.39, 0.29) is 12.1 Å². The van der Waals surface area contributed by atoms with E-state index in [1.807, 2.05) is 32.0 Å². The minimum Gasteiger partial charge on any atom is -0.465 e. The molecule has 0 bridgehead atoms. The molecular weight excluding hydrogens is 252 g/mol. The van der Waals surface area contributed by atoms with Gasteiger partial charge in [0, 0.05) is 0 Å². The number of nitrogens with one attached hydrogen (secondary N) is 1. The minimum absolute atomic E-state index is 0.0577. The molecule has 4 N–H and O–H groups in total. The molecule has 1 rings (SSSR count). The Morgan fingerprint density at radius 1 is 1.21 bits per heavy atom. The highest BCUT2D eigenvalue weighted by molar-refractivity contribution is 5.89. The number of primary amides is 1. The van der Waals surface area contributed by atoms with Gasteiger partial charge in [0.2, 0.25) is 0 Å². The first-order valence-electron chi connectivity index (χ1n) is 5.38. The van der Waals surface area contributed by atoms with Crippen LogP contribution in [0.5, 0.6) is 0 Å². The summed E-state index contributed by atoms with van der Waals surface area (Å²) in [6.07, 6.45) is -1.50. The molecule has 0 aromatic heterocycles. The third kappa shape index (κ3) is 9.16. The van der Waals surface area contributed by atoms with E-state index in [1.165, 1.54) is 5.32 Å². The van der Waals surface area contributed by atoms with Gasteiger partial charge in [-0.3, -0.25) is 0 Å². The molecule has 7 nitrogen and oxygen atoms in total. The summed E-state index contributed by atoms with van der Waals surface area (Å²) >= 11 is 0. The second kappa shape index (κ2) is 8.51. The third-order valence-electron chi connectivity index (χ3n) is 1.58. The van der Waals surface area contributed by atoms with Gasteiger partial charge >= 0.3 is 18.1 Å². The van der Waals surface area contributed by atoms with Crippen LogP contribution in [0, 0.1) is 0 Å². The van der Waals surface area contributed by atoms with Crippen molar-refractivity contribution in [2.24, 2.45) is 5.73 Å². The largest absolute Gasteiger partial charge is 0.465 e. The summed E-state index contributed by atoms with van der Waals surface area (Å²) in [5.41, 5.74) is 4.97. The van der Waals surface area contributed by atoms with Crippen molar-refractivity contribution in [1.29, 1.82) is 0 Å². The summed E-state index contributed by atoms with van der Waals surface area (Å²) in [6.45, 7) is 3.67. The van der Waals surface area contributed by atoms with Crippen molar-refractivity contribution in [1.82, 2.24) is 5.32 Å². The zero-order valence-corrected chi connectivity index (χ0v) is 10.6. The second-order valence-electron chi connectivity index (χ2n) is 3.61. The Labute approximate surface area is 110 Å². The van der Waals surface area contributed by atoms with Crippen molar-refractivity contribution >= 4 is 18.1 Å². The number of amides is 3. The fourth-order valence-electron chi connectivity index (χ4n) is 0.962. The van der Waals surface area contributed by atoms with E-state index in [0.717, 1.165) is 0 Å². The van der Waals surface area contributed by atoms with Gasteiger partial charge in [0.25, 0.3) is 0 Å². The summed E-state index contributed by atoms with van der Waals surface area (Å²) in [7, 11) is 0. The maximum absolute atomic E-state index is 11.2. The van der Waals surface area contributed by atoms with Crippen LogP contribution < -0.4 is 11.1 Å². The highest BCUT2D eigenvalue weighted by atomic mass is 16.5. The Morgan fingerprint density at radius 2 is 1.74 bits per heavy atom. The lowest BCUT2D eigenvalue weighted by Crippen LogP contribution is -2.33. The lowest BCUT2D eigenvalue weighted by molar-refractivity contribution is 0.0378. The Kier molecular flexibility index (Phi) is 7.36. The van der Waals surface area contributed by atoms with Gasteiger partial charge < -0.3 is 15.6 Å². The summed E-state index contributed by atoms with van der Waals surface area (Å²) in [4.78, 5) is 30.2. The van der Waals surface area contributed by atoms with Crippen LogP contribution >= 0.6 is 0 Å². The van der Waals surface area contributed by atoms with Crippen LogP contribution in [-0.2, 0) is 4.74 Å². The standard InChI is InChI=1S/C10H12O2.C2H4N2O3/c1-8(2)12-10(11)9-6-4-3-5-7-9;3-1(5)4-2(6)7/h3-8H,1-2H3;(H,6,7)(H3,3,4,5). The van der Waals surface area contributed by atoms with Gasteiger partial charge in [0.15, 0.2) is 0 Å². The van der Waals surface area contributed by atoms with Crippen molar-refractivity contribution in [2.45, 2.75) is 20.0 Å². The molecule has 1 aromatic rings. The van der Waals surface area contributed by atoms with Gasteiger partial charge in [-0.1, -0.05) is 18.2 Å². The molecule has 0 fully saturated rings. The van der Waals surface area contributed by atoms with Gasteiger partial charge in [-0.2, -0.15) is 0 Å². The molecule has 0 unspecified atom stereocenters. The molecule has 3 amide bonds. The Balaban J connectivity index is 0.000000399. The highest BCUT2D eigenvalue weighted by Crippen LogP contribution is 2.02. The summed E-state index contributed by atoms with van der Waals surface area (Å²) in [5.74, 6) is -0.259. The van der Waals surface area contributed by atoms with Crippen molar-refractivity contribution in [3.8, 4) is 0 Å². The first-order chi connectivity index (χ1) is 8.82. The van der Waals surface area contributed by atoms with Gasteiger partial charge in [-0.15, -0.1) is 0 Å². The van der Waals surface area contributed by atoms with Crippen LogP contribution in [0.25, 0.3) is 0 Å². The zero-order chi connectivity index (χ0) is 14.8. The molecule has 0 spiro atoms. The van der Waals surface area contributed by atoms with Gasteiger partial charge in [0.1, 0.15) is 0 Å². The maximum Gasteiger partial charge on any atom is 0.412 e. The number of rotatable bonds is 2. The van der Waals surface area contributed by atoms with E-state index in [0.29, 0.717) is 5.56 Å². The average molecular weight is 268 g/mol. The number of carboxylic acid groups (broad SMARTS) is 1. The van der Waals surface area contributed by atoms with E-state index >= 15 is 0 Å². The molecule has 0 atom stereocenters. The summed E-state index contributed by atoms with van der Waals surface area (Å²) < 4.78 is 5.00. The highest BCUT2D eigenvalue weighted by Gasteiger charge is 2.06. The third-order valence-corrected chi connectivity index (χ3v) is 1.58. The molecule has 0 saturated heterocycles. The first kappa shape index (κ1) is 16.4. The molecule has 0 aliphatic rings. The fourth-order valence-corrected chi connectivity index (χ4v) is 0.962. The van der Waals surface area contributed by atoms with E-state index < -0.39 is 12.1 Å². The molecule has 19 heavy (non-hydrogen) atoms. The van der Waals surface area contributed by atoms with Crippen LogP contribution in [0.15, 0.2) is 30.3 Å². The average Bonchev–Trinajstić information content (AvgIpc) is 2.28. The van der Waals surface area contributed by atoms with Crippen molar-refractivity contribution < 1.29 is 24.2 Å². The summed E-state index contributed by atoms with van der Waals surface area (Å²) in [5, 5.41) is 9.03. The van der Waals surface area contributed by atoms with E-state index in [9.17, 15) is 14.4 Å². The molecule has 1 aromatic carbocycles. The number of urea groups is 1. The van der Waals surface area contributed by atoms with Crippen LogP contribution in [0.3, 0.4) is 0 Å². The molecule has 0 heterocycles. The number of hydrogen-bond acceptors (Lipinski definition) is 4. The quantitative estimate of drug-likeness (QED) is 0.703. The molecule has 0 aliphatic carbocycles. The monoisotopic (exact) mass is 268 g/mol. The predicted molar refractivity (Wildman–Crippen MR) is 67.7 cm³/mol. The number of nitrogens with two attached hydrogens (primary N) is 1. The van der Waals surface area contributed by atoms with Crippen LogP contribution in [0.1, 0.15) is 24.2 Å². The van der Waals surface area contributed by atoms with Crippen molar-refractivity contribution in [3.63, 3.8) is 0 Å². The Morgan fingerprint density at radius 3 is 2.05 bits per heavy atom. The Hall–Kier alpha value is -2.57. The zero-order valence-electron chi connectivity index (χ0n) is 10.6. The number of carbonyl (C=O) groups excluding carboxylic acids is 2. The van der Waals surface area contributed by atoms with Crippen LogP contribution in [0.2, 0.25) is 0 Å². The van der Waals surface area contributed by atoms with Crippen molar-refractivity contribution in [3.05, 3.63) is 35.9 Å². The maximum atomic E-state index is 11.2. The number of carbonyl (C=O) groups is 3. The lowest BCUT2D eigenvalue weighted by atomic mass is 10.2. The SMILES string of the molecule is CC(C)OC(=O)c1ccccc1.NC(=O)NC(=O)O. The molecule has 104 valence electrons. The normalized spacial score (nSPS) is 9.00. The Bertz CT molecular complexity index is 419. The topological polar surface area (TPSA) is 119 Å². The minimum atomic E-state index is -1.44. The number of benzene rings is 1. The van der Waals surface area contributed by atoms with Crippen LogP contribution in [-0.4, -0.2) is 29.3 Å². The molecule has 0 saturated carbocycles. The second-order valence-corrected chi connectivity index (χ2v) is 3.61. The van der Waals surface area contributed by atoms with E-state index in [1.54, 1.807) is 12.1 Å². The van der Waals surface area contributed by atoms with Crippen molar-refractivity contribution in [2.75, 3.05) is 0 Å². The summed E-state index contributed by atoms with van der Waals surface area (Å²) in [6, 6.07) is 7.92. The molecule has 0 aliphatic heterocycles. The lowest BCUT2D eigenvalue weighted by Gasteiger charge is -2.06. The fraction of sp³-hybridized carbons (Fsp3) is 0.250. The molecule has 7 heteroatoms. The first-order valence-corrected chi connectivity index (χ1v) is 5.38. The van der Waals surface area contributed by atoms with E-state index in [2.05, 4.69) is 5.73 Å². The molecule has 0 radical (unpaired) electrons. The smallest absolute Gasteiger partial charge is 0.412 e. The number of esters is 1. The predicted octanol–water partition coefficient (Wildman–Crippen LogP) is 1.58. The van der Waals surface area contributed by atoms with E-state index in [4.69, 9.17) is 9.84 Å². The number of hydrogen-bond donors (Lipinski definition) is 3. The van der Waals surface area contributed by atoms with Gasteiger partial charge in [-0.25, -0.2) is 19.7 Å². The van der Waals surface area contributed by atoms with Crippen LogP contribution in [0.4, 0.5) is 9.59 Å². The van der Waals surface area contributed by atoms with Gasteiger partial charge in [0.05, 0.1) is 11.7 Å². The number of ether oxygens (including phenoxy) is 1. The van der Waals surface area contributed by atoms with Gasteiger partial charge in [-0.05, 0) is 26.0 Å². The number of imide groups is 1. The molecular formula is C12H16N2O5.